The second-order valence-corrected chi connectivity index (χ2v) is 3.24. The fraction of sp³-hybridized carbons (Fsp3) is 0.333. The summed E-state index contributed by atoms with van der Waals surface area (Å²) in [6.07, 6.45) is 2.07. The molecule has 1 aromatic carbocycles. The molecule has 1 heteroatoms. The van der Waals surface area contributed by atoms with E-state index in [2.05, 4.69) is 26.0 Å². The van der Waals surface area contributed by atoms with Crippen molar-refractivity contribution in [3.05, 3.63) is 41.5 Å². The lowest BCUT2D eigenvalue weighted by Gasteiger charge is -2.06. The SMILES string of the molecule is CC=C(C)COc1cccc(C)c1. The first-order valence-corrected chi connectivity index (χ1v) is 4.53. The van der Waals surface area contributed by atoms with E-state index >= 15 is 0 Å². The molecular formula is C12H16O. The van der Waals surface area contributed by atoms with E-state index in [4.69, 9.17) is 4.74 Å². The summed E-state index contributed by atoms with van der Waals surface area (Å²) in [5.74, 6) is 0.946. The van der Waals surface area contributed by atoms with E-state index in [0.717, 1.165) is 5.75 Å². The van der Waals surface area contributed by atoms with Gasteiger partial charge >= 0.3 is 0 Å². The predicted octanol–water partition coefficient (Wildman–Crippen LogP) is 3.34. The molecule has 0 aliphatic carbocycles. The maximum absolute atomic E-state index is 5.57. The Hall–Kier alpha value is -1.24. The molecule has 0 N–H and O–H groups in total. The Bertz CT molecular complexity index is 300. The van der Waals surface area contributed by atoms with E-state index in [1.165, 1.54) is 11.1 Å². The van der Waals surface area contributed by atoms with E-state index in [1.807, 2.05) is 25.1 Å². The minimum absolute atomic E-state index is 0.681. The molecule has 0 aromatic heterocycles. The highest BCUT2D eigenvalue weighted by Crippen LogP contribution is 2.12. The number of benzene rings is 1. The van der Waals surface area contributed by atoms with Crippen molar-refractivity contribution in [3.8, 4) is 5.75 Å². The number of hydrogen-bond acceptors (Lipinski definition) is 1. The normalized spacial score (nSPS) is 11.5. The molecule has 0 unspecified atom stereocenters. The molecule has 70 valence electrons. The Morgan fingerprint density at radius 2 is 2.23 bits per heavy atom. The van der Waals surface area contributed by atoms with Gasteiger partial charge in [0.05, 0.1) is 0 Å². The molecule has 0 fully saturated rings. The second kappa shape index (κ2) is 4.70. The van der Waals surface area contributed by atoms with E-state index in [0.29, 0.717) is 6.61 Å². The van der Waals surface area contributed by atoms with Gasteiger partial charge in [0.2, 0.25) is 0 Å². The summed E-state index contributed by atoms with van der Waals surface area (Å²) in [4.78, 5) is 0. The minimum Gasteiger partial charge on any atom is -0.489 e. The van der Waals surface area contributed by atoms with Crippen LogP contribution in [0.4, 0.5) is 0 Å². The Labute approximate surface area is 80.0 Å². The number of allylic oxidation sites excluding steroid dienone is 1. The van der Waals surface area contributed by atoms with Gasteiger partial charge < -0.3 is 4.74 Å². The summed E-state index contributed by atoms with van der Waals surface area (Å²) in [7, 11) is 0. The van der Waals surface area contributed by atoms with Gasteiger partial charge in [0.15, 0.2) is 0 Å². The van der Waals surface area contributed by atoms with Gasteiger partial charge in [0.1, 0.15) is 12.4 Å². The highest BCUT2D eigenvalue weighted by molar-refractivity contribution is 5.27. The van der Waals surface area contributed by atoms with Crippen LogP contribution < -0.4 is 4.74 Å². The summed E-state index contributed by atoms with van der Waals surface area (Å²) in [5, 5.41) is 0. The van der Waals surface area contributed by atoms with E-state index in [9.17, 15) is 0 Å². The van der Waals surface area contributed by atoms with Crippen LogP contribution in [0.3, 0.4) is 0 Å². The smallest absolute Gasteiger partial charge is 0.120 e. The maximum Gasteiger partial charge on any atom is 0.120 e. The van der Waals surface area contributed by atoms with Crippen molar-refractivity contribution in [1.29, 1.82) is 0 Å². The molecule has 0 amide bonds. The molecule has 1 nitrogen and oxygen atoms in total. The lowest BCUT2D eigenvalue weighted by molar-refractivity contribution is 0.352. The van der Waals surface area contributed by atoms with Crippen molar-refractivity contribution in [3.63, 3.8) is 0 Å². The largest absolute Gasteiger partial charge is 0.489 e. The monoisotopic (exact) mass is 176 g/mol. The van der Waals surface area contributed by atoms with Crippen LogP contribution >= 0.6 is 0 Å². The first-order chi connectivity index (χ1) is 6.22. The van der Waals surface area contributed by atoms with Crippen molar-refractivity contribution in [2.45, 2.75) is 20.8 Å². The van der Waals surface area contributed by atoms with Gasteiger partial charge in [-0.1, -0.05) is 18.2 Å². The molecule has 0 aliphatic heterocycles. The van der Waals surface area contributed by atoms with Crippen LogP contribution in [-0.2, 0) is 0 Å². The highest BCUT2D eigenvalue weighted by atomic mass is 16.5. The van der Waals surface area contributed by atoms with Crippen LogP contribution in [0.25, 0.3) is 0 Å². The average Bonchev–Trinajstić information content (AvgIpc) is 2.14. The fourth-order valence-electron chi connectivity index (χ4n) is 0.986. The van der Waals surface area contributed by atoms with E-state index < -0.39 is 0 Å². The van der Waals surface area contributed by atoms with Crippen LogP contribution in [-0.4, -0.2) is 6.61 Å². The number of aryl methyl sites for hydroxylation is 1. The van der Waals surface area contributed by atoms with E-state index in [-0.39, 0.29) is 0 Å². The maximum atomic E-state index is 5.57. The Balaban J connectivity index is 2.55. The zero-order valence-corrected chi connectivity index (χ0v) is 8.50. The average molecular weight is 176 g/mol. The van der Waals surface area contributed by atoms with Gasteiger partial charge in [-0.3, -0.25) is 0 Å². The van der Waals surface area contributed by atoms with E-state index in [1.54, 1.807) is 0 Å². The summed E-state index contributed by atoms with van der Waals surface area (Å²) in [6.45, 7) is 6.83. The Morgan fingerprint density at radius 1 is 1.46 bits per heavy atom. The Morgan fingerprint density at radius 3 is 2.85 bits per heavy atom. The quantitative estimate of drug-likeness (QED) is 0.642. The van der Waals surface area contributed by atoms with Gasteiger partial charge in [0.25, 0.3) is 0 Å². The third kappa shape index (κ3) is 3.32. The number of hydrogen-bond donors (Lipinski definition) is 0. The molecule has 1 rings (SSSR count). The lowest BCUT2D eigenvalue weighted by Crippen LogP contribution is -1.98. The van der Waals surface area contributed by atoms with Crippen LogP contribution in [0.2, 0.25) is 0 Å². The molecule has 0 bridgehead atoms. The van der Waals surface area contributed by atoms with Gasteiger partial charge in [-0.15, -0.1) is 0 Å². The van der Waals surface area contributed by atoms with Crippen LogP contribution in [0.5, 0.6) is 5.75 Å². The highest BCUT2D eigenvalue weighted by Gasteiger charge is 1.93. The third-order valence-electron chi connectivity index (χ3n) is 1.95. The molecule has 0 saturated heterocycles. The zero-order valence-electron chi connectivity index (χ0n) is 8.50. The zero-order chi connectivity index (χ0) is 9.68. The molecular weight excluding hydrogens is 160 g/mol. The summed E-state index contributed by atoms with van der Waals surface area (Å²) in [6, 6.07) is 8.10. The fourth-order valence-corrected chi connectivity index (χ4v) is 0.986. The molecule has 1 aromatic rings. The van der Waals surface area contributed by atoms with Crippen LogP contribution in [0.1, 0.15) is 19.4 Å². The number of ether oxygens (including phenoxy) is 1. The molecule has 0 atom stereocenters. The first kappa shape index (κ1) is 9.85. The minimum atomic E-state index is 0.681. The summed E-state index contributed by atoms with van der Waals surface area (Å²) < 4.78 is 5.57. The Kier molecular flexibility index (Phi) is 3.56. The van der Waals surface area contributed by atoms with Crippen LogP contribution in [0, 0.1) is 6.92 Å². The number of rotatable bonds is 3. The third-order valence-corrected chi connectivity index (χ3v) is 1.95. The summed E-state index contributed by atoms with van der Waals surface area (Å²) in [5.41, 5.74) is 2.48. The van der Waals surface area contributed by atoms with Crippen molar-refractivity contribution in [1.82, 2.24) is 0 Å². The van der Waals surface area contributed by atoms with Gasteiger partial charge in [-0.2, -0.15) is 0 Å². The molecule has 0 aliphatic rings. The van der Waals surface area contributed by atoms with Crippen molar-refractivity contribution < 1.29 is 4.74 Å². The first-order valence-electron chi connectivity index (χ1n) is 4.53. The van der Waals surface area contributed by atoms with Crippen LogP contribution in [0.15, 0.2) is 35.9 Å². The standard InChI is InChI=1S/C12H16O/c1-4-10(2)9-13-12-7-5-6-11(3)8-12/h4-8H,9H2,1-3H3. The second-order valence-electron chi connectivity index (χ2n) is 3.24. The molecule has 0 radical (unpaired) electrons. The topological polar surface area (TPSA) is 9.23 Å². The van der Waals surface area contributed by atoms with Crippen molar-refractivity contribution in [2.75, 3.05) is 6.61 Å². The predicted molar refractivity (Wildman–Crippen MR) is 56.1 cm³/mol. The molecule has 0 spiro atoms. The molecule has 13 heavy (non-hydrogen) atoms. The molecule has 0 saturated carbocycles. The van der Waals surface area contributed by atoms with Gasteiger partial charge in [-0.25, -0.2) is 0 Å². The molecule has 0 heterocycles. The summed E-state index contributed by atoms with van der Waals surface area (Å²) >= 11 is 0. The lowest BCUT2D eigenvalue weighted by atomic mass is 10.2. The van der Waals surface area contributed by atoms with Crippen molar-refractivity contribution in [2.24, 2.45) is 0 Å². The van der Waals surface area contributed by atoms with Gasteiger partial charge in [0, 0.05) is 0 Å². The van der Waals surface area contributed by atoms with Gasteiger partial charge in [-0.05, 0) is 44.0 Å². The van der Waals surface area contributed by atoms with Crippen molar-refractivity contribution >= 4 is 0 Å².